The maximum atomic E-state index is 6.39. The summed E-state index contributed by atoms with van der Waals surface area (Å²) in [5, 5.41) is 0.819. The van der Waals surface area contributed by atoms with Crippen LogP contribution in [-0.4, -0.2) is 49.1 Å². The lowest BCUT2D eigenvalue weighted by Gasteiger charge is -2.35. The van der Waals surface area contributed by atoms with Gasteiger partial charge in [-0.15, -0.1) is 0 Å². The Hall–Kier alpha value is -0.770. The van der Waals surface area contributed by atoms with Crippen LogP contribution in [0, 0.1) is 0 Å². The molecule has 0 N–H and O–H groups in total. The number of ether oxygens (including phenoxy) is 1. The fraction of sp³-hybridized carbons (Fsp3) is 0.647. The van der Waals surface area contributed by atoms with Crippen molar-refractivity contribution in [2.24, 2.45) is 0 Å². The molecule has 1 aromatic rings. The number of hydrogen-bond donors (Lipinski definition) is 0. The van der Waals surface area contributed by atoms with Crippen molar-refractivity contribution in [1.82, 2.24) is 9.80 Å². The SMILES string of the molecule is COc1cccc(Cl)c1CN1CCCN2CCCCC2C1. The summed E-state index contributed by atoms with van der Waals surface area (Å²) in [6.45, 7) is 5.75. The quantitative estimate of drug-likeness (QED) is 0.851. The number of fused-ring (bicyclic) bond motifs is 1. The highest BCUT2D eigenvalue weighted by Crippen LogP contribution is 2.29. The van der Waals surface area contributed by atoms with Gasteiger partial charge in [-0.2, -0.15) is 0 Å². The van der Waals surface area contributed by atoms with Crippen molar-refractivity contribution < 1.29 is 4.74 Å². The molecule has 2 saturated heterocycles. The second kappa shape index (κ2) is 6.99. The Balaban J connectivity index is 1.72. The van der Waals surface area contributed by atoms with Crippen molar-refractivity contribution >= 4 is 11.6 Å². The summed E-state index contributed by atoms with van der Waals surface area (Å²) in [5.41, 5.74) is 1.13. The zero-order valence-corrected chi connectivity index (χ0v) is 13.6. The first-order valence-corrected chi connectivity index (χ1v) is 8.43. The fourth-order valence-corrected chi connectivity index (χ4v) is 3.92. The number of nitrogens with zero attached hydrogens (tertiary/aromatic N) is 2. The Morgan fingerprint density at radius 2 is 2.05 bits per heavy atom. The molecular weight excluding hydrogens is 284 g/mol. The largest absolute Gasteiger partial charge is 0.496 e. The van der Waals surface area contributed by atoms with Gasteiger partial charge < -0.3 is 4.74 Å². The number of halogens is 1. The van der Waals surface area contributed by atoms with Crippen molar-refractivity contribution in [3.05, 3.63) is 28.8 Å². The second-order valence-corrected chi connectivity index (χ2v) is 6.60. The third kappa shape index (κ3) is 3.53. The number of piperidine rings is 1. The van der Waals surface area contributed by atoms with Gasteiger partial charge in [0.15, 0.2) is 0 Å². The monoisotopic (exact) mass is 308 g/mol. The second-order valence-electron chi connectivity index (χ2n) is 6.19. The molecule has 1 aromatic carbocycles. The van der Waals surface area contributed by atoms with Crippen LogP contribution in [0.2, 0.25) is 5.02 Å². The predicted molar refractivity (Wildman–Crippen MR) is 87.1 cm³/mol. The van der Waals surface area contributed by atoms with Gasteiger partial charge in [0.25, 0.3) is 0 Å². The Morgan fingerprint density at radius 1 is 1.19 bits per heavy atom. The van der Waals surface area contributed by atoms with Gasteiger partial charge in [-0.25, -0.2) is 0 Å². The van der Waals surface area contributed by atoms with Crippen LogP contribution in [0.15, 0.2) is 18.2 Å². The Bertz CT molecular complexity index is 480. The number of benzene rings is 1. The minimum absolute atomic E-state index is 0.731. The molecule has 0 amide bonds. The zero-order chi connectivity index (χ0) is 14.7. The van der Waals surface area contributed by atoms with E-state index >= 15 is 0 Å². The van der Waals surface area contributed by atoms with E-state index in [0.29, 0.717) is 0 Å². The minimum atomic E-state index is 0.731. The lowest BCUT2D eigenvalue weighted by atomic mass is 10.0. The van der Waals surface area contributed by atoms with E-state index in [1.54, 1.807) is 7.11 Å². The van der Waals surface area contributed by atoms with Crippen LogP contribution in [0.25, 0.3) is 0 Å². The van der Waals surface area contributed by atoms with Gasteiger partial charge in [-0.1, -0.05) is 24.1 Å². The third-order valence-electron chi connectivity index (χ3n) is 4.82. The third-order valence-corrected chi connectivity index (χ3v) is 5.17. The Kier molecular flexibility index (Phi) is 5.04. The molecule has 0 bridgehead atoms. The van der Waals surface area contributed by atoms with Gasteiger partial charge in [-0.3, -0.25) is 9.80 Å². The van der Waals surface area contributed by atoms with Crippen LogP contribution in [0.1, 0.15) is 31.2 Å². The molecule has 0 radical (unpaired) electrons. The highest BCUT2D eigenvalue weighted by atomic mass is 35.5. The van der Waals surface area contributed by atoms with E-state index in [-0.39, 0.29) is 0 Å². The number of rotatable bonds is 3. The van der Waals surface area contributed by atoms with Crippen LogP contribution in [0.3, 0.4) is 0 Å². The van der Waals surface area contributed by atoms with E-state index in [1.165, 1.54) is 38.8 Å². The van der Waals surface area contributed by atoms with E-state index in [0.717, 1.165) is 42.0 Å². The summed E-state index contributed by atoms with van der Waals surface area (Å²) in [6, 6.07) is 6.65. The summed E-state index contributed by atoms with van der Waals surface area (Å²) in [7, 11) is 1.72. The van der Waals surface area contributed by atoms with Crippen molar-refractivity contribution in [3.63, 3.8) is 0 Å². The molecule has 116 valence electrons. The molecule has 0 aliphatic carbocycles. The standard InChI is InChI=1S/C17H25ClN2O/c1-21-17-8-4-7-16(18)15(17)13-19-9-5-11-20-10-3-2-6-14(20)12-19/h4,7-8,14H,2-3,5-6,9-13H2,1H3. The van der Waals surface area contributed by atoms with Crippen molar-refractivity contribution in [3.8, 4) is 5.75 Å². The normalized spacial score (nSPS) is 24.4. The molecule has 2 fully saturated rings. The van der Waals surface area contributed by atoms with Crippen LogP contribution in [0.4, 0.5) is 0 Å². The van der Waals surface area contributed by atoms with Crippen molar-refractivity contribution in [2.45, 2.75) is 38.3 Å². The molecule has 21 heavy (non-hydrogen) atoms. The molecular formula is C17H25ClN2O. The predicted octanol–water partition coefficient (Wildman–Crippen LogP) is 3.41. The van der Waals surface area contributed by atoms with E-state index in [2.05, 4.69) is 9.80 Å². The highest BCUT2D eigenvalue weighted by Gasteiger charge is 2.27. The summed E-state index contributed by atoms with van der Waals surface area (Å²) >= 11 is 6.39. The van der Waals surface area contributed by atoms with Gasteiger partial charge in [-0.05, 0) is 51.0 Å². The molecule has 4 heteroatoms. The first kappa shape index (κ1) is 15.1. The molecule has 3 nitrogen and oxygen atoms in total. The average molecular weight is 309 g/mol. The minimum Gasteiger partial charge on any atom is -0.496 e. The van der Waals surface area contributed by atoms with Crippen LogP contribution < -0.4 is 4.74 Å². The molecule has 0 saturated carbocycles. The molecule has 0 spiro atoms. The Labute approximate surface area is 132 Å². The summed E-state index contributed by atoms with van der Waals surface area (Å²) in [6.07, 6.45) is 5.35. The summed E-state index contributed by atoms with van der Waals surface area (Å²) < 4.78 is 5.48. The molecule has 1 unspecified atom stereocenters. The molecule has 3 rings (SSSR count). The molecule has 1 atom stereocenters. The number of hydrogen-bond acceptors (Lipinski definition) is 3. The van der Waals surface area contributed by atoms with E-state index < -0.39 is 0 Å². The highest BCUT2D eigenvalue weighted by molar-refractivity contribution is 6.31. The summed E-state index contributed by atoms with van der Waals surface area (Å²) in [4.78, 5) is 5.24. The molecule has 2 aliphatic rings. The topological polar surface area (TPSA) is 15.7 Å². The molecule has 0 aromatic heterocycles. The van der Waals surface area contributed by atoms with E-state index in [9.17, 15) is 0 Å². The molecule has 2 heterocycles. The van der Waals surface area contributed by atoms with Crippen LogP contribution in [-0.2, 0) is 6.54 Å². The van der Waals surface area contributed by atoms with Gasteiger partial charge in [0.2, 0.25) is 0 Å². The average Bonchev–Trinajstić information content (AvgIpc) is 2.71. The van der Waals surface area contributed by atoms with Crippen molar-refractivity contribution in [1.29, 1.82) is 0 Å². The lowest BCUT2D eigenvalue weighted by Crippen LogP contribution is -2.43. The van der Waals surface area contributed by atoms with Gasteiger partial charge >= 0.3 is 0 Å². The van der Waals surface area contributed by atoms with Crippen LogP contribution >= 0.6 is 11.6 Å². The zero-order valence-electron chi connectivity index (χ0n) is 12.9. The maximum absolute atomic E-state index is 6.39. The van der Waals surface area contributed by atoms with Gasteiger partial charge in [0, 0.05) is 29.7 Å². The number of methoxy groups -OCH3 is 1. The Morgan fingerprint density at radius 3 is 2.90 bits per heavy atom. The van der Waals surface area contributed by atoms with E-state index in [4.69, 9.17) is 16.3 Å². The van der Waals surface area contributed by atoms with Crippen LogP contribution in [0.5, 0.6) is 5.75 Å². The lowest BCUT2D eigenvalue weighted by molar-refractivity contribution is 0.134. The maximum Gasteiger partial charge on any atom is 0.124 e. The molecule has 2 aliphatic heterocycles. The summed E-state index contributed by atoms with van der Waals surface area (Å²) in [5.74, 6) is 0.909. The first-order chi connectivity index (χ1) is 10.3. The first-order valence-electron chi connectivity index (χ1n) is 8.05. The van der Waals surface area contributed by atoms with Gasteiger partial charge in [0.1, 0.15) is 5.75 Å². The van der Waals surface area contributed by atoms with Gasteiger partial charge in [0.05, 0.1) is 7.11 Å². The van der Waals surface area contributed by atoms with E-state index in [1.807, 2.05) is 18.2 Å². The van der Waals surface area contributed by atoms with Crippen molar-refractivity contribution in [2.75, 3.05) is 33.3 Å². The fourth-order valence-electron chi connectivity index (χ4n) is 3.70. The smallest absolute Gasteiger partial charge is 0.124 e.